The SMILES string of the molecule is Cc1cc(Br)ccc1NC(=O)NC(C)CCC(=O)O. The first kappa shape index (κ1) is 15.5. The Morgan fingerprint density at radius 2 is 2.11 bits per heavy atom. The van der Waals surface area contributed by atoms with Gasteiger partial charge in [-0.25, -0.2) is 4.79 Å². The molecular weight excluding hydrogens is 312 g/mol. The Morgan fingerprint density at radius 3 is 2.68 bits per heavy atom. The van der Waals surface area contributed by atoms with Gasteiger partial charge in [0.1, 0.15) is 0 Å². The van der Waals surface area contributed by atoms with Crippen molar-refractivity contribution in [1.82, 2.24) is 5.32 Å². The Hall–Kier alpha value is -1.56. The number of aryl methyl sites for hydroxylation is 1. The van der Waals surface area contributed by atoms with Crippen molar-refractivity contribution in [3.05, 3.63) is 28.2 Å². The van der Waals surface area contributed by atoms with Crippen LogP contribution in [0.2, 0.25) is 0 Å². The topological polar surface area (TPSA) is 78.4 Å². The summed E-state index contributed by atoms with van der Waals surface area (Å²) in [5.41, 5.74) is 1.67. The first-order valence-corrected chi connectivity index (χ1v) is 6.73. The Labute approximate surface area is 120 Å². The van der Waals surface area contributed by atoms with E-state index in [1.54, 1.807) is 13.0 Å². The number of hydrogen-bond donors (Lipinski definition) is 3. The molecule has 0 aliphatic heterocycles. The number of nitrogens with one attached hydrogen (secondary N) is 2. The van der Waals surface area contributed by atoms with E-state index in [0.717, 1.165) is 15.7 Å². The standard InChI is InChI=1S/C13H17BrN2O3/c1-8-7-10(14)4-5-11(8)16-13(19)15-9(2)3-6-12(17)18/h4-5,7,9H,3,6H2,1-2H3,(H,17,18)(H2,15,16,19). The lowest BCUT2D eigenvalue weighted by Crippen LogP contribution is -2.36. The van der Waals surface area contributed by atoms with Crippen LogP contribution in [0.15, 0.2) is 22.7 Å². The maximum Gasteiger partial charge on any atom is 0.319 e. The summed E-state index contributed by atoms with van der Waals surface area (Å²) in [4.78, 5) is 22.1. The molecule has 5 nitrogen and oxygen atoms in total. The van der Waals surface area contributed by atoms with Crippen molar-refractivity contribution in [3.8, 4) is 0 Å². The first-order valence-electron chi connectivity index (χ1n) is 5.94. The van der Waals surface area contributed by atoms with Crippen LogP contribution in [0.5, 0.6) is 0 Å². The Morgan fingerprint density at radius 1 is 1.42 bits per heavy atom. The summed E-state index contributed by atoms with van der Waals surface area (Å²) in [6.07, 6.45) is 0.445. The highest BCUT2D eigenvalue weighted by atomic mass is 79.9. The van der Waals surface area contributed by atoms with Gasteiger partial charge in [0.25, 0.3) is 0 Å². The third-order valence-electron chi connectivity index (χ3n) is 2.61. The molecule has 1 unspecified atom stereocenters. The monoisotopic (exact) mass is 328 g/mol. The molecular formula is C13H17BrN2O3. The summed E-state index contributed by atoms with van der Waals surface area (Å²) >= 11 is 3.35. The van der Waals surface area contributed by atoms with Crippen molar-refractivity contribution in [2.24, 2.45) is 0 Å². The minimum absolute atomic E-state index is 0.0404. The number of anilines is 1. The number of rotatable bonds is 5. The van der Waals surface area contributed by atoms with Crippen molar-refractivity contribution in [2.75, 3.05) is 5.32 Å². The molecule has 3 N–H and O–H groups in total. The number of carboxylic acid groups (broad SMARTS) is 1. The molecule has 0 radical (unpaired) electrons. The van der Waals surface area contributed by atoms with Gasteiger partial charge in [0.15, 0.2) is 0 Å². The predicted molar refractivity (Wildman–Crippen MR) is 77.4 cm³/mol. The number of benzene rings is 1. The molecule has 0 aromatic heterocycles. The smallest absolute Gasteiger partial charge is 0.319 e. The summed E-state index contributed by atoms with van der Waals surface area (Å²) in [5, 5.41) is 14.0. The van der Waals surface area contributed by atoms with Gasteiger partial charge < -0.3 is 15.7 Å². The molecule has 0 spiro atoms. The van der Waals surface area contributed by atoms with Gasteiger partial charge in [-0.05, 0) is 44.0 Å². The average Bonchev–Trinajstić information content (AvgIpc) is 2.30. The molecule has 0 fully saturated rings. The zero-order chi connectivity index (χ0) is 14.4. The summed E-state index contributed by atoms with van der Waals surface area (Å²) < 4.78 is 0.950. The average molecular weight is 329 g/mol. The Balaban J connectivity index is 2.48. The van der Waals surface area contributed by atoms with Crippen molar-refractivity contribution < 1.29 is 14.7 Å². The summed E-state index contributed by atoms with van der Waals surface area (Å²) in [5.74, 6) is -0.863. The third-order valence-corrected chi connectivity index (χ3v) is 3.10. The normalized spacial score (nSPS) is 11.7. The fourth-order valence-corrected chi connectivity index (χ4v) is 2.04. The maximum atomic E-state index is 11.7. The zero-order valence-corrected chi connectivity index (χ0v) is 12.5. The molecule has 1 aromatic carbocycles. The Kier molecular flexibility index (Phi) is 5.82. The predicted octanol–water partition coefficient (Wildman–Crippen LogP) is 3.13. The lowest BCUT2D eigenvalue weighted by atomic mass is 10.2. The van der Waals surface area contributed by atoms with Crippen molar-refractivity contribution >= 4 is 33.6 Å². The number of hydrogen-bond acceptors (Lipinski definition) is 2. The second kappa shape index (κ2) is 7.13. The van der Waals surface area contributed by atoms with Gasteiger partial charge in [-0.3, -0.25) is 4.79 Å². The first-order chi connectivity index (χ1) is 8.88. The van der Waals surface area contributed by atoms with Crippen LogP contribution >= 0.6 is 15.9 Å². The Bertz CT molecular complexity index is 477. The lowest BCUT2D eigenvalue weighted by molar-refractivity contribution is -0.137. The van der Waals surface area contributed by atoms with E-state index in [4.69, 9.17) is 5.11 Å². The molecule has 2 amide bonds. The highest BCUT2D eigenvalue weighted by Gasteiger charge is 2.10. The van der Waals surface area contributed by atoms with Crippen LogP contribution in [0.1, 0.15) is 25.3 Å². The van der Waals surface area contributed by atoms with Crippen molar-refractivity contribution in [3.63, 3.8) is 0 Å². The fourth-order valence-electron chi connectivity index (χ4n) is 1.56. The minimum atomic E-state index is -0.863. The van der Waals surface area contributed by atoms with Gasteiger partial charge in [0.2, 0.25) is 0 Å². The van der Waals surface area contributed by atoms with Gasteiger partial charge in [-0.15, -0.1) is 0 Å². The number of carbonyl (C=O) groups is 2. The molecule has 6 heteroatoms. The van der Waals surface area contributed by atoms with Crippen LogP contribution in [0.4, 0.5) is 10.5 Å². The van der Waals surface area contributed by atoms with E-state index < -0.39 is 5.97 Å². The van der Waals surface area contributed by atoms with E-state index in [0.29, 0.717) is 6.42 Å². The maximum absolute atomic E-state index is 11.7. The quantitative estimate of drug-likeness (QED) is 0.776. The zero-order valence-electron chi connectivity index (χ0n) is 10.9. The largest absolute Gasteiger partial charge is 0.481 e. The fraction of sp³-hybridized carbons (Fsp3) is 0.385. The minimum Gasteiger partial charge on any atom is -0.481 e. The molecule has 1 rings (SSSR count). The van der Waals surface area contributed by atoms with Gasteiger partial charge in [0, 0.05) is 22.6 Å². The number of amides is 2. The van der Waals surface area contributed by atoms with Crippen molar-refractivity contribution in [2.45, 2.75) is 32.7 Å². The highest BCUT2D eigenvalue weighted by Crippen LogP contribution is 2.19. The molecule has 0 bridgehead atoms. The van der Waals surface area contributed by atoms with Gasteiger partial charge in [0.05, 0.1) is 0 Å². The highest BCUT2D eigenvalue weighted by molar-refractivity contribution is 9.10. The molecule has 0 aliphatic carbocycles. The molecule has 0 heterocycles. The number of aliphatic carboxylic acids is 1. The van der Waals surface area contributed by atoms with Gasteiger partial charge in [-0.1, -0.05) is 15.9 Å². The molecule has 1 aromatic rings. The molecule has 0 aliphatic rings. The van der Waals surface area contributed by atoms with E-state index in [2.05, 4.69) is 26.6 Å². The van der Waals surface area contributed by atoms with Crippen LogP contribution in [-0.2, 0) is 4.79 Å². The summed E-state index contributed by atoms with van der Waals surface area (Å²) in [7, 11) is 0. The van der Waals surface area contributed by atoms with Crippen molar-refractivity contribution in [1.29, 1.82) is 0 Å². The molecule has 0 saturated heterocycles. The van der Waals surface area contributed by atoms with Crippen LogP contribution in [0, 0.1) is 6.92 Å². The van der Waals surface area contributed by atoms with Crippen LogP contribution in [0.3, 0.4) is 0 Å². The van der Waals surface area contributed by atoms with E-state index in [1.807, 2.05) is 19.1 Å². The summed E-state index contributed by atoms with van der Waals surface area (Å²) in [6.45, 7) is 3.67. The van der Waals surface area contributed by atoms with E-state index in [1.165, 1.54) is 0 Å². The molecule has 19 heavy (non-hydrogen) atoms. The van der Waals surface area contributed by atoms with Crippen LogP contribution < -0.4 is 10.6 Å². The number of halogens is 1. The number of urea groups is 1. The van der Waals surface area contributed by atoms with Gasteiger partial charge in [-0.2, -0.15) is 0 Å². The molecule has 104 valence electrons. The third kappa shape index (κ3) is 5.74. The number of carboxylic acids is 1. The summed E-state index contributed by atoms with van der Waals surface area (Å²) in [6, 6.07) is 5.04. The van der Waals surface area contributed by atoms with E-state index >= 15 is 0 Å². The molecule has 1 atom stereocenters. The second-order valence-electron chi connectivity index (χ2n) is 4.39. The van der Waals surface area contributed by atoms with Gasteiger partial charge >= 0.3 is 12.0 Å². The lowest BCUT2D eigenvalue weighted by Gasteiger charge is -2.14. The second-order valence-corrected chi connectivity index (χ2v) is 5.31. The van der Waals surface area contributed by atoms with Crippen LogP contribution in [-0.4, -0.2) is 23.1 Å². The number of carbonyl (C=O) groups excluding carboxylic acids is 1. The van der Waals surface area contributed by atoms with E-state index in [-0.39, 0.29) is 18.5 Å². The molecule has 0 saturated carbocycles. The van der Waals surface area contributed by atoms with E-state index in [9.17, 15) is 9.59 Å². The van der Waals surface area contributed by atoms with Crippen LogP contribution in [0.25, 0.3) is 0 Å².